The number of alkyl halides is 3. The van der Waals surface area contributed by atoms with Crippen LogP contribution >= 0.6 is 0 Å². The third-order valence-electron chi connectivity index (χ3n) is 9.72. The van der Waals surface area contributed by atoms with E-state index in [0.29, 0.717) is 50.7 Å². The molecule has 0 aliphatic heterocycles. The number of rotatable bonds is 13. The molecule has 8 heteroatoms. The van der Waals surface area contributed by atoms with Crippen LogP contribution in [0.5, 0.6) is 5.75 Å². The fourth-order valence-electron chi connectivity index (χ4n) is 7.23. The van der Waals surface area contributed by atoms with E-state index in [0.717, 1.165) is 45.3 Å². The molecule has 2 saturated carbocycles. The van der Waals surface area contributed by atoms with Crippen molar-refractivity contribution in [1.82, 2.24) is 4.90 Å². The SMILES string of the molecule is [2H]COCCCOc1ccc2c(c1)CCC1C2CC[C@@]2(C)C1CC[C@@H]2OCCN(C)CCOC(C)(C)C(F)(F)F. The van der Waals surface area contributed by atoms with Crippen molar-refractivity contribution in [2.45, 2.75) is 89.5 Å². The molecule has 3 aliphatic rings. The second-order valence-corrected chi connectivity index (χ2v) is 12.5. The summed E-state index contributed by atoms with van der Waals surface area (Å²) in [6, 6.07) is 6.65. The molecule has 0 radical (unpaired) electrons. The van der Waals surface area contributed by atoms with Gasteiger partial charge in [0.2, 0.25) is 0 Å². The number of fused-ring (bicyclic) bond motifs is 5. The molecule has 5 nitrogen and oxygen atoms in total. The molecule has 2 fully saturated rings. The number of ether oxygens (including phenoxy) is 4. The number of benzene rings is 1. The minimum Gasteiger partial charge on any atom is -0.493 e. The van der Waals surface area contributed by atoms with Crippen LogP contribution in [0.15, 0.2) is 18.2 Å². The van der Waals surface area contributed by atoms with E-state index in [9.17, 15) is 13.2 Å². The van der Waals surface area contributed by atoms with Crippen LogP contribution in [0.25, 0.3) is 0 Å². The van der Waals surface area contributed by atoms with Gasteiger partial charge >= 0.3 is 6.18 Å². The minimum atomic E-state index is -4.38. The molecule has 3 unspecified atom stereocenters. The first kappa shape index (κ1) is 29.2. The molecular weight excluding hydrogens is 507 g/mol. The normalized spacial score (nSPS) is 29.1. The maximum atomic E-state index is 13.0. The number of likely N-dealkylation sites (N-methyl/N-ethyl adjacent to an activating group) is 1. The van der Waals surface area contributed by atoms with Gasteiger partial charge < -0.3 is 23.8 Å². The standard InChI is InChI=1S/C31H48F3NO4/c1-29(2,31(32,33)34)39-20-16-35(4)15-19-38-28-12-11-27-26-9-7-22-21-23(37-18-6-17-36-5)8-10-24(22)25(26)13-14-30(27,28)3/h8,10,21,25-28H,6-7,9,11-20H2,1-5H3/t25?,26?,27?,28-,30-/m0/s1/i5D. The zero-order valence-corrected chi connectivity index (χ0v) is 24.2. The Kier molecular flexibility index (Phi) is 9.47. The van der Waals surface area contributed by atoms with E-state index < -0.39 is 11.8 Å². The topological polar surface area (TPSA) is 40.2 Å². The predicted octanol–water partition coefficient (Wildman–Crippen LogP) is 6.63. The third-order valence-corrected chi connectivity index (χ3v) is 9.72. The summed E-state index contributed by atoms with van der Waals surface area (Å²) in [5.41, 5.74) is 0.984. The number of hydrogen-bond donors (Lipinski definition) is 0. The van der Waals surface area contributed by atoms with Gasteiger partial charge in [-0.3, -0.25) is 0 Å². The Bertz CT molecular complexity index is 961. The highest BCUT2D eigenvalue weighted by atomic mass is 19.4. The lowest BCUT2D eigenvalue weighted by atomic mass is 9.55. The number of aryl methyl sites for hydroxylation is 1. The highest BCUT2D eigenvalue weighted by Crippen LogP contribution is 2.61. The average molecular weight is 557 g/mol. The van der Waals surface area contributed by atoms with Crippen LogP contribution in [-0.4, -0.2) is 76.4 Å². The van der Waals surface area contributed by atoms with Gasteiger partial charge in [0.05, 0.1) is 27.3 Å². The molecule has 5 atom stereocenters. The maximum absolute atomic E-state index is 13.0. The van der Waals surface area contributed by atoms with E-state index in [-0.39, 0.29) is 25.2 Å². The third kappa shape index (κ3) is 6.94. The highest BCUT2D eigenvalue weighted by Gasteiger charge is 2.55. The van der Waals surface area contributed by atoms with E-state index in [1.807, 2.05) is 11.9 Å². The van der Waals surface area contributed by atoms with Gasteiger partial charge in [0.1, 0.15) is 5.75 Å². The van der Waals surface area contributed by atoms with E-state index in [1.165, 1.54) is 30.4 Å². The fraction of sp³-hybridized carbons (Fsp3) is 0.806. The Hall–Kier alpha value is -1.35. The second-order valence-electron chi connectivity index (χ2n) is 12.5. The first-order valence-corrected chi connectivity index (χ1v) is 14.6. The summed E-state index contributed by atoms with van der Waals surface area (Å²) >= 11 is 0. The van der Waals surface area contributed by atoms with Gasteiger partial charge in [0.25, 0.3) is 0 Å². The zero-order chi connectivity index (χ0) is 29.0. The van der Waals surface area contributed by atoms with Crippen LogP contribution in [0.1, 0.15) is 77.7 Å². The van der Waals surface area contributed by atoms with Gasteiger partial charge in [0, 0.05) is 33.2 Å². The Balaban J connectivity index is 1.25. The summed E-state index contributed by atoms with van der Waals surface area (Å²) < 4.78 is 68.7. The van der Waals surface area contributed by atoms with Gasteiger partial charge in [-0.25, -0.2) is 0 Å². The maximum Gasteiger partial charge on any atom is 0.416 e. The number of halogens is 3. The Morgan fingerprint density at radius 1 is 1.05 bits per heavy atom. The summed E-state index contributed by atoms with van der Waals surface area (Å²) in [4.78, 5) is 1.99. The van der Waals surface area contributed by atoms with Crippen molar-refractivity contribution < 1.29 is 33.5 Å². The van der Waals surface area contributed by atoms with E-state index in [1.54, 1.807) is 0 Å². The second kappa shape index (κ2) is 12.7. The van der Waals surface area contributed by atoms with Crippen molar-refractivity contribution in [3.63, 3.8) is 0 Å². The lowest BCUT2D eigenvalue weighted by molar-refractivity contribution is -0.264. The number of hydrogen-bond acceptors (Lipinski definition) is 5. The van der Waals surface area contributed by atoms with E-state index in [4.69, 9.17) is 20.3 Å². The van der Waals surface area contributed by atoms with Crippen molar-refractivity contribution in [1.29, 1.82) is 0 Å². The predicted molar refractivity (Wildman–Crippen MR) is 146 cm³/mol. The van der Waals surface area contributed by atoms with Crippen LogP contribution in [0.3, 0.4) is 0 Å². The van der Waals surface area contributed by atoms with Gasteiger partial charge in [-0.15, -0.1) is 0 Å². The van der Waals surface area contributed by atoms with E-state index >= 15 is 0 Å². The molecule has 0 aromatic heterocycles. The fourth-order valence-corrected chi connectivity index (χ4v) is 7.23. The van der Waals surface area contributed by atoms with E-state index in [2.05, 4.69) is 25.1 Å². The van der Waals surface area contributed by atoms with Gasteiger partial charge in [-0.05, 0) is 106 Å². The average Bonchev–Trinajstić information content (AvgIpc) is 3.23. The van der Waals surface area contributed by atoms with Crippen LogP contribution in [0, 0.1) is 17.3 Å². The Morgan fingerprint density at radius 3 is 2.62 bits per heavy atom. The molecule has 0 spiro atoms. The van der Waals surface area contributed by atoms with Crippen molar-refractivity contribution in [3.8, 4) is 5.75 Å². The molecule has 222 valence electrons. The van der Waals surface area contributed by atoms with Crippen molar-refractivity contribution >= 4 is 0 Å². The first-order chi connectivity index (χ1) is 19.0. The van der Waals surface area contributed by atoms with Crippen molar-refractivity contribution in [2.24, 2.45) is 17.3 Å². The van der Waals surface area contributed by atoms with Crippen LogP contribution in [0.2, 0.25) is 0 Å². The molecule has 0 N–H and O–H groups in total. The summed E-state index contributed by atoms with van der Waals surface area (Å²) in [6.45, 7) is 7.45. The van der Waals surface area contributed by atoms with Gasteiger partial charge in [-0.1, -0.05) is 13.0 Å². The summed E-state index contributed by atoms with van der Waals surface area (Å²) in [7, 11) is 1.90. The number of nitrogens with zero attached hydrogens (tertiary/aromatic N) is 1. The Labute approximate surface area is 234 Å². The largest absolute Gasteiger partial charge is 0.493 e. The first-order valence-electron chi connectivity index (χ1n) is 15.3. The molecule has 0 amide bonds. The molecule has 0 bridgehead atoms. The molecule has 39 heavy (non-hydrogen) atoms. The van der Waals surface area contributed by atoms with Crippen LogP contribution < -0.4 is 4.74 Å². The lowest BCUT2D eigenvalue weighted by Gasteiger charge is -2.50. The van der Waals surface area contributed by atoms with Crippen LogP contribution in [-0.2, 0) is 20.6 Å². The minimum absolute atomic E-state index is 0.00277. The van der Waals surface area contributed by atoms with Gasteiger partial charge in [-0.2, -0.15) is 13.2 Å². The molecule has 0 heterocycles. The monoisotopic (exact) mass is 556 g/mol. The number of methoxy groups -OCH3 is 1. The Morgan fingerprint density at radius 2 is 1.85 bits per heavy atom. The molecule has 4 rings (SSSR count). The van der Waals surface area contributed by atoms with Crippen LogP contribution in [0.4, 0.5) is 13.2 Å². The van der Waals surface area contributed by atoms with Crippen molar-refractivity contribution in [3.05, 3.63) is 29.3 Å². The highest BCUT2D eigenvalue weighted by molar-refractivity contribution is 5.40. The molecule has 0 saturated heterocycles. The molecule has 3 aliphatic carbocycles. The smallest absolute Gasteiger partial charge is 0.416 e. The molecule has 1 aromatic carbocycles. The lowest BCUT2D eigenvalue weighted by Crippen LogP contribution is -2.45. The quantitative estimate of drug-likeness (QED) is 0.255. The van der Waals surface area contributed by atoms with Gasteiger partial charge in [0.15, 0.2) is 5.60 Å². The van der Waals surface area contributed by atoms with Crippen molar-refractivity contribution in [2.75, 3.05) is 53.7 Å². The zero-order valence-electron chi connectivity index (χ0n) is 25.2. The summed E-state index contributed by atoms with van der Waals surface area (Å²) in [5, 5.41) is 0. The molecular formula is C31H48F3NO4. The summed E-state index contributed by atoms with van der Waals surface area (Å²) in [6.07, 6.45) is 3.58. The molecule has 1 aromatic rings. The summed E-state index contributed by atoms with van der Waals surface area (Å²) in [5.74, 6) is 2.88.